The average Bonchev–Trinajstić information content (AvgIpc) is 2.70. The fraction of sp³-hybridized carbons (Fsp3) is 0.200. The fourth-order valence-corrected chi connectivity index (χ4v) is 3.91. The van der Waals surface area contributed by atoms with Crippen LogP contribution in [0.3, 0.4) is 0 Å². The molecule has 3 aromatic carbocycles. The Morgan fingerprint density at radius 3 is 2.13 bits per heavy atom. The minimum absolute atomic E-state index is 0.243. The standard InChI is InChI=1S/C25H25BrN2O3/c1-15-7-5-9-21(11-15)28-25(30)19-8-6-10-22(14-19)27-24(29)18(4)31-23-16(2)12-20(26)13-17(23)3/h5-14,18H,1-4H3,(H,27,29)(H,28,30). The van der Waals surface area contributed by atoms with E-state index in [1.54, 1.807) is 31.2 Å². The maximum Gasteiger partial charge on any atom is 0.265 e. The number of carbonyl (C=O) groups is 2. The monoisotopic (exact) mass is 480 g/mol. The van der Waals surface area contributed by atoms with Crippen molar-refractivity contribution in [1.82, 2.24) is 0 Å². The van der Waals surface area contributed by atoms with E-state index in [2.05, 4.69) is 26.6 Å². The van der Waals surface area contributed by atoms with Crippen LogP contribution in [0.2, 0.25) is 0 Å². The van der Waals surface area contributed by atoms with Crippen LogP contribution in [0.1, 0.15) is 34.0 Å². The van der Waals surface area contributed by atoms with E-state index in [1.807, 2.05) is 57.2 Å². The lowest BCUT2D eigenvalue weighted by atomic mass is 10.1. The quantitative estimate of drug-likeness (QED) is 0.452. The molecule has 0 heterocycles. The zero-order valence-electron chi connectivity index (χ0n) is 18.0. The lowest BCUT2D eigenvalue weighted by Gasteiger charge is -2.18. The van der Waals surface area contributed by atoms with E-state index in [9.17, 15) is 9.59 Å². The summed E-state index contributed by atoms with van der Waals surface area (Å²) in [4.78, 5) is 25.3. The van der Waals surface area contributed by atoms with E-state index in [1.165, 1.54) is 0 Å². The molecule has 3 rings (SSSR count). The van der Waals surface area contributed by atoms with Crippen molar-refractivity contribution in [1.29, 1.82) is 0 Å². The molecule has 31 heavy (non-hydrogen) atoms. The molecule has 0 bridgehead atoms. The van der Waals surface area contributed by atoms with E-state index in [0.717, 1.165) is 26.9 Å². The topological polar surface area (TPSA) is 67.4 Å². The number of aryl methyl sites for hydroxylation is 3. The Labute approximate surface area is 191 Å². The van der Waals surface area contributed by atoms with Crippen LogP contribution in [-0.2, 0) is 4.79 Å². The second-order valence-electron chi connectivity index (χ2n) is 7.52. The highest BCUT2D eigenvalue weighted by atomic mass is 79.9. The van der Waals surface area contributed by atoms with E-state index < -0.39 is 6.10 Å². The largest absolute Gasteiger partial charge is 0.480 e. The predicted octanol–water partition coefficient (Wildman–Crippen LogP) is 6.03. The minimum Gasteiger partial charge on any atom is -0.480 e. The first-order valence-electron chi connectivity index (χ1n) is 9.95. The smallest absolute Gasteiger partial charge is 0.265 e. The molecule has 0 aliphatic heterocycles. The van der Waals surface area contributed by atoms with Crippen LogP contribution < -0.4 is 15.4 Å². The fourth-order valence-electron chi connectivity index (χ4n) is 3.22. The van der Waals surface area contributed by atoms with Crippen LogP contribution in [0.4, 0.5) is 11.4 Å². The Hall–Kier alpha value is -3.12. The molecule has 3 aromatic rings. The normalized spacial score (nSPS) is 11.5. The molecule has 0 fully saturated rings. The maximum absolute atomic E-state index is 12.7. The summed E-state index contributed by atoms with van der Waals surface area (Å²) in [6, 6.07) is 18.3. The third-order valence-electron chi connectivity index (χ3n) is 4.76. The molecule has 0 aliphatic carbocycles. The average molecular weight is 481 g/mol. The molecule has 5 nitrogen and oxygen atoms in total. The molecule has 160 valence electrons. The first kappa shape index (κ1) is 22.6. The van der Waals surface area contributed by atoms with Crippen molar-refractivity contribution >= 4 is 39.1 Å². The van der Waals surface area contributed by atoms with Gasteiger partial charge in [-0.15, -0.1) is 0 Å². The molecule has 2 N–H and O–H groups in total. The summed E-state index contributed by atoms with van der Waals surface area (Å²) < 4.78 is 6.89. The molecular formula is C25H25BrN2O3. The maximum atomic E-state index is 12.7. The Morgan fingerprint density at radius 2 is 1.48 bits per heavy atom. The molecule has 0 radical (unpaired) electrons. The van der Waals surface area contributed by atoms with Crippen LogP contribution in [0.15, 0.2) is 65.1 Å². The van der Waals surface area contributed by atoms with Gasteiger partial charge in [0.2, 0.25) is 0 Å². The van der Waals surface area contributed by atoms with Gasteiger partial charge in [-0.25, -0.2) is 0 Å². The number of ether oxygens (including phenoxy) is 1. The van der Waals surface area contributed by atoms with Gasteiger partial charge in [-0.3, -0.25) is 9.59 Å². The Bertz CT molecular complexity index is 1100. The Kier molecular flexibility index (Phi) is 7.13. The molecule has 1 unspecified atom stereocenters. The number of halogens is 1. The number of hydrogen-bond donors (Lipinski definition) is 2. The van der Waals surface area contributed by atoms with Crippen molar-refractivity contribution in [3.63, 3.8) is 0 Å². The highest BCUT2D eigenvalue weighted by Crippen LogP contribution is 2.28. The lowest BCUT2D eigenvalue weighted by molar-refractivity contribution is -0.122. The van der Waals surface area contributed by atoms with Gasteiger partial charge in [-0.2, -0.15) is 0 Å². The number of amides is 2. The van der Waals surface area contributed by atoms with Crippen LogP contribution in [0.25, 0.3) is 0 Å². The van der Waals surface area contributed by atoms with Crippen LogP contribution >= 0.6 is 15.9 Å². The predicted molar refractivity (Wildman–Crippen MR) is 128 cm³/mol. The molecule has 0 saturated heterocycles. The zero-order valence-corrected chi connectivity index (χ0v) is 19.5. The zero-order chi connectivity index (χ0) is 22.5. The second-order valence-corrected chi connectivity index (χ2v) is 8.44. The van der Waals surface area contributed by atoms with Gasteiger partial charge in [0.05, 0.1) is 0 Å². The molecule has 6 heteroatoms. The molecule has 0 aromatic heterocycles. The number of benzene rings is 3. The van der Waals surface area contributed by atoms with Crippen molar-refractivity contribution in [2.75, 3.05) is 10.6 Å². The molecular weight excluding hydrogens is 456 g/mol. The minimum atomic E-state index is -0.705. The first-order chi connectivity index (χ1) is 14.7. The Morgan fingerprint density at radius 1 is 0.871 bits per heavy atom. The molecule has 2 amide bonds. The van der Waals surface area contributed by atoms with Gasteiger partial charge in [0, 0.05) is 21.4 Å². The molecule has 0 saturated carbocycles. The van der Waals surface area contributed by atoms with Gasteiger partial charge < -0.3 is 15.4 Å². The molecule has 0 spiro atoms. The molecule has 1 atom stereocenters. The Balaban J connectivity index is 1.67. The molecule has 0 aliphatic rings. The van der Waals surface area contributed by atoms with Gasteiger partial charge in [0.15, 0.2) is 6.10 Å². The number of anilines is 2. The summed E-state index contributed by atoms with van der Waals surface area (Å²) in [7, 11) is 0. The highest BCUT2D eigenvalue weighted by molar-refractivity contribution is 9.10. The second kappa shape index (κ2) is 9.79. The number of nitrogens with one attached hydrogen (secondary N) is 2. The third kappa shape index (κ3) is 5.95. The first-order valence-corrected chi connectivity index (χ1v) is 10.7. The summed E-state index contributed by atoms with van der Waals surface area (Å²) in [6.07, 6.45) is -0.705. The number of hydrogen-bond acceptors (Lipinski definition) is 3. The SMILES string of the molecule is Cc1cccc(NC(=O)c2cccc(NC(=O)C(C)Oc3c(C)cc(Br)cc3C)c2)c1. The van der Waals surface area contributed by atoms with E-state index >= 15 is 0 Å². The van der Waals surface area contributed by atoms with Crippen molar-refractivity contribution in [3.8, 4) is 5.75 Å². The van der Waals surface area contributed by atoms with Crippen molar-refractivity contribution in [3.05, 3.63) is 87.4 Å². The summed E-state index contributed by atoms with van der Waals surface area (Å²) in [6.45, 7) is 7.54. The number of rotatable bonds is 6. The third-order valence-corrected chi connectivity index (χ3v) is 5.22. The van der Waals surface area contributed by atoms with E-state index in [0.29, 0.717) is 17.0 Å². The highest BCUT2D eigenvalue weighted by Gasteiger charge is 2.18. The van der Waals surface area contributed by atoms with E-state index in [4.69, 9.17) is 4.74 Å². The van der Waals surface area contributed by atoms with Gasteiger partial charge in [-0.1, -0.05) is 34.1 Å². The van der Waals surface area contributed by atoms with Crippen LogP contribution in [0.5, 0.6) is 5.75 Å². The summed E-state index contributed by atoms with van der Waals surface area (Å²) in [5.41, 5.74) is 4.66. The summed E-state index contributed by atoms with van der Waals surface area (Å²) in [5, 5.41) is 5.70. The van der Waals surface area contributed by atoms with Gasteiger partial charge in [0.25, 0.3) is 11.8 Å². The van der Waals surface area contributed by atoms with E-state index in [-0.39, 0.29) is 11.8 Å². The van der Waals surface area contributed by atoms with Gasteiger partial charge in [0.1, 0.15) is 5.75 Å². The van der Waals surface area contributed by atoms with Crippen molar-refractivity contribution < 1.29 is 14.3 Å². The van der Waals surface area contributed by atoms with Gasteiger partial charge >= 0.3 is 0 Å². The lowest BCUT2D eigenvalue weighted by Crippen LogP contribution is -2.30. The van der Waals surface area contributed by atoms with Crippen molar-refractivity contribution in [2.45, 2.75) is 33.8 Å². The van der Waals surface area contributed by atoms with Crippen LogP contribution in [-0.4, -0.2) is 17.9 Å². The van der Waals surface area contributed by atoms with Crippen LogP contribution in [0, 0.1) is 20.8 Å². The number of carbonyl (C=O) groups excluding carboxylic acids is 2. The summed E-state index contributed by atoms with van der Waals surface area (Å²) >= 11 is 3.46. The summed E-state index contributed by atoms with van der Waals surface area (Å²) in [5.74, 6) is 0.155. The van der Waals surface area contributed by atoms with Gasteiger partial charge in [-0.05, 0) is 86.8 Å². The van der Waals surface area contributed by atoms with Crippen molar-refractivity contribution in [2.24, 2.45) is 0 Å².